The highest BCUT2D eigenvalue weighted by atomic mass is 35.5. The number of hydrogen-bond acceptors (Lipinski definition) is 5. The number of nitrogens with zero attached hydrogens (tertiary/aromatic N) is 3. The maximum atomic E-state index is 12.7. The van der Waals surface area contributed by atoms with Crippen molar-refractivity contribution in [3.63, 3.8) is 0 Å². The molecule has 1 aliphatic rings. The topological polar surface area (TPSA) is 73.0 Å². The van der Waals surface area contributed by atoms with Gasteiger partial charge >= 0.3 is 6.18 Å². The Morgan fingerprint density at radius 1 is 1.06 bits per heavy atom. The summed E-state index contributed by atoms with van der Waals surface area (Å²) in [6.07, 6.45) is -2.18. The fraction of sp³-hybridized carbons (Fsp3) is 0.190. The van der Waals surface area contributed by atoms with Gasteiger partial charge in [0, 0.05) is 54.4 Å². The fourth-order valence-corrected chi connectivity index (χ4v) is 3.64. The van der Waals surface area contributed by atoms with E-state index in [4.69, 9.17) is 4.42 Å². The lowest BCUT2D eigenvalue weighted by Gasteiger charge is -2.10. The van der Waals surface area contributed by atoms with E-state index in [1.54, 1.807) is 12.3 Å². The van der Waals surface area contributed by atoms with E-state index in [1.807, 2.05) is 18.2 Å². The van der Waals surface area contributed by atoms with E-state index in [1.165, 1.54) is 16.7 Å². The molecule has 6 nitrogen and oxygen atoms in total. The molecule has 1 N–H and O–H groups in total. The highest BCUT2D eigenvalue weighted by Crippen LogP contribution is 2.30. The number of aromatic nitrogens is 3. The van der Waals surface area contributed by atoms with Crippen LogP contribution in [0.1, 0.15) is 17.0 Å². The Bertz CT molecular complexity index is 1310. The SMILES string of the molecule is Cl.O=c1cc(-c2ccc(C(F)(F)F)nn2)ccn1-c1ccc2c3c(oc2c1)CCNC3. The normalized spacial score (nSPS) is 13.6. The van der Waals surface area contributed by atoms with Gasteiger partial charge in [0.15, 0.2) is 5.69 Å². The third-order valence-electron chi connectivity index (χ3n) is 5.14. The number of halogens is 4. The Hall–Kier alpha value is -3.17. The van der Waals surface area contributed by atoms with Crippen LogP contribution in [-0.2, 0) is 19.1 Å². The molecule has 0 bridgehead atoms. The van der Waals surface area contributed by atoms with E-state index < -0.39 is 11.9 Å². The van der Waals surface area contributed by atoms with Crippen molar-refractivity contribution < 1.29 is 17.6 Å². The molecule has 4 heterocycles. The van der Waals surface area contributed by atoms with Gasteiger partial charge < -0.3 is 9.73 Å². The maximum Gasteiger partial charge on any atom is 0.435 e. The zero-order valence-electron chi connectivity index (χ0n) is 15.9. The average Bonchev–Trinajstić information content (AvgIpc) is 3.11. The summed E-state index contributed by atoms with van der Waals surface area (Å²) in [5.41, 5.74) is 1.65. The van der Waals surface area contributed by atoms with Crippen molar-refractivity contribution in [1.82, 2.24) is 20.1 Å². The zero-order valence-corrected chi connectivity index (χ0v) is 16.8. The van der Waals surface area contributed by atoms with Crippen molar-refractivity contribution in [2.24, 2.45) is 0 Å². The molecule has 31 heavy (non-hydrogen) atoms. The number of hydrogen-bond donors (Lipinski definition) is 1. The van der Waals surface area contributed by atoms with Crippen LogP contribution in [-0.4, -0.2) is 21.3 Å². The van der Waals surface area contributed by atoms with Crippen molar-refractivity contribution >= 4 is 23.4 Å². The van der Waals surface area contributed by atoms with E-state index in [9.17, 15) is 18.0 Å². The van der Waals surface area contributed by atoms with E-state index in [0.717, 1.165) is 42.3 Å². The van der Waals surface area contributed by atoms with Gasteiger partial charge in [0.25, 0.3) is 5.56 Å². The van der Waals surface area contributed by atoms with Gasteiger partial charge in [-0.2, -0.15) is 13.2 Å². The van der Waals surface area contributed by atoms with Gasteiger partial charge in [-0.1, -0.05) is 0 Å². The Balaban J connectivity index is 0.00000231. The van der Waals surface area contributed by atoms with Crippen molar-refractivity contribution in [1.29, 1.82) is 0 Å². The van der Waals surface area contributed by atoms with Crippen molar-refractivity contribution in [2.75, 3.05) is 6.54 Å². The Morgan fingerprint density at radius 3 is 2.61 bits per heavy atom. The number of rotatable bonds is 2. The summed E-state index contributed by atoms with van der Waals surface area (Å²) in [5, 5.41) is 11.1. The second-order valence-electron chi connectivity index (χ2n) is 7.04. The minimum Gasteiger partial charge on any atom is -0.461 e. The van der Waals surface area contributed by atoms with Crippen LogP contribution in [0.2, 0.25) is 0 Å². The molecule has 10 heteroatoms. The van der Waals surface area contributed by atoms with Crippen molar-refractivity contribution in [2.45, 2.75) is 19.1 Å². The van der Waals surface area contributed by atoms with Gasteiger partial charge in [-0.3, -0.25) is 9.36 Å². The molecule has 0 saturated carbocycles. The lowest BCUT2D eigenvalue weighted by molar-refractivity contribution is -0.141. The molecule has 4 aromatic rings. The van der Waals surface area contributed by atoms with Crippen LogP contribution in [0, 0.1) is 0 Å². The molecule has 160 valence electrons. The molecule has 1 aromatic carbocycles. The molecule has 0 radical (unpaired) electrons. The zero-order chi connectivity index (χ0) is 20.9. The second kappa shape index (κ2) is 7.82. The van der Waals surface area contributed by atoms with Crippen LogP contribution in [0.3, 0.4) is 0 Å². The first kappa shape index (κ1) is 21.1. The predicted octanol–water partition coefficient (Wildman–Crippen LogP) is 4.13. The highest BCUT2D eigenvalue weighted by Gasteiger charge is 2.32. The first-order valence-electron chi connectivity index (χ1n) is 9.29. The van der Waals surface area contributed by atoms with Crippen LogP contribution < -0.4 is 10.9 Å². The second-order valence-corrected chi connectivity index (χ2v) is 7.04. The van der Waals surface area contributed by atoms with Gasteiger partial charge in [-0.15, -0.1) is 22.6 Å². The summed E-state index contributed by atoms with van der Waals surface area (Å²) in [4.78, 5) is 12.7. The standard InChI is InChI=1S/C21H15F3N4O2.ClH/c22-21(23,24)19-4-3-16(26-27-19)12-6-8-28(20(29)9-12)13-1-2-14-15-11-25-7-5-17(15)30-18(14)10-13;/h1-4,6,8-10,25H,5,7,11H2;1H. The maximum absolute atomic E-state index is 12.7. The Morgan fingerprint density at radius 2 is 1.90 bits per heavy atom. The van der Waals surface area contributed by atoms with Crippen LogP contribution in [0.15, 0.2) is 57.9 Å². The number of pyridine rings is 1. The minimum atomic E-state index is -4.56. The molecule has 0 saturated heterocycles. The molecular formula is C21H16ClF3N4O2. The molecule has 1 aliphatic heterocycles. The summed E-state index contributed by atoms with van der Waals surface area (Å²) in [6, 6.07) is 10.6. The molecule has 0 unspecified atom stereocenters. The summed E-state index contributed by atoms with van der Waals surface area (Å²) in [5.74, 6) is 0.962. The quantitative estimate of drug-likeness (QED) is 0.499. The van der Waals surface area contributed by atoms with Crippen LogP contribution >= 0.6 is 12.4 Å². The first-order chi connectivity index (χ1) is 14.4. The number of benzene rings is 1. The fourth-order valence-electron chi connectivity index (χ4n) is 3.64. The number of fused-ring (bicyclic) bond motifs is 3. The van der Waals surface area contributed by atoms with Crippen molar-refractivity contribution in [3.05, 3.63) is 76.0 Å². The Kier molecular flexibility index (Phi) is 5.32. The monoisotopic (exact) mass is 448 g/mol. The van der Waals surface area contributed by atoms with Gasteiger partial charge in [-0.25, -0.2) is 0 Å². The van der Waals surface area contributed by atoms with Crippen LogP contribution in [0.4, 0.5) is 13.2 Å². The van der Waals surface area contributed by atoms with E-state index in [2.05, 4.69) is 15.5 Å². The van der Waals surface area contributed by atoms with Gasteiger partial charge in [-0.05, 0) is 30.3 Å². The number of alkyl halides is 3. The molecule has 3 aromatic heterocycles. The van der Waals surface area contributed by atoms with Gasteiger partial charge in [0.05, 0.1) is 11.4 Å². The molecular weight excluding hydrogens is 433 g/mol. The lowest BCUT2D eigenvalue weighted by Crippen LogP contribution is -2.22. The smallest absolute Gasteiger partial charge is 0.435 e. The summed E-state index contributed by atoms with van der Waals surface area (Å²) in [7, 11) is 0. The van der Waals surface area contributed by atoms with E-state index in [-0.39, 0.29) is 23.7 Å². The molecule has 0 fully saturated rings. The molecule has 0 amide bonds. The van der Waals surface area contributed by atoms with Crippen LogP contribution in [0.5, 0.6) is 0 Å². The van der Waals surface area contributed by atoms with Crippen molar-refractivity contribution in [3.8, 4) is 16.9 Å². The summed E-state index contributed by atoms with van der Waals surface area (Å²) in [6.45, 7) is 1.62. The lowest BCUT2D eigenvalue weighted by atomic mass is 10.1. The van der Waals surface area contributed by atoms with Gasteiger partial charge in [0.2, 0.25) is 0 Å². The third-order valence-corrected chi connectivity index (χ3v) is 5.14. The minimum absolute atomic E-state index is 0. The largest absolute Gasteiger partial charge is 0.461 e. The van der Waals surface area contributed by atoms with Crippen LogP contribution in [0.25, 0.3) is 27.9 Å². The molecule has 5 rings (SSSR count). The predicted molar refractivity (Wildman–Crippen MR) is 110 cm³/mol. The number of furan rings is 1. The van der Waals surface area contributed by atoms with Gasteiger partial charge in [0.1, 0.15) is 11.3 Å². The molecule has 0 atom stereocenters. The summed E-state index contributed by atoms with van der Waals surface area (Å²) < 4.78 is 45.3. The first-order valence-corrected chi connectivity index (χ1v) is 9.29. The average molecular weight is 449 g/mol. The highest BCUT2D eigenvalue weighted by molar-refractivity contribution is 5.85. The van der Waals surface area contributed by atoms with E-state index in [0.29, 0.717) is 16.8 Å². The van der Waals surface area contributed by atoms with E-state index >= 15 is 0 Å². The molecule has 0 spiro atoms. The Labute approximate surface area is 180 Å². The number of nitrogens with one attached hydrogen (secondary N) is 1. The summed E-state index contributed by atoms with van der Waals surface area (Å²) >= 11 is 0. The third kappa shape index (κ3) is 3.82. The molecule has 0 aliphatic carbocycles.